The number of hydrogen-bond acceptors (Lipinski definition) is 4. The molecule has 1 N–H and O–H groups in total. The van der Waals surface area contributed by atoms with Crippen molar-refractivity contribution in [2.24, 2.45) is 0 Å². The van der Waals surface area contributed by atoms with Gasteiger partial charge < -0.3 is 10.1 Å². The molecule has 122 valence electrons. The normalized spacial score (nSPS) is 10.5. The van der Waals surface area contributed by atoms with E-state index in [2.05, 4.69) is 15.3 Å². The first-order valence-electron chi connectivity index (χ1n) is 7.20. The highest BCUT2D eigenvalue weighted by Crippen LogP contribution is 2.21. The minimum Gasteiger partial charge on any atom is -0.494 e. The van der Waals surface area contributed by atoms with Crippen LogP contribution in [0.1, 0.15) is 16.2 Å². The molecule has 0 spiro atoms. The summed E-state index contributed by atoms with van der Waals surface area (Å²) in [5, 5.41) is 2.62. The molecule has 1 aromatic carbocycles. The molecule has 24 heavy (non-hydrogen) atoms. The Morgan fingerprint density at radius 1 is 1.25 bits per heavy atom. The molecule has 3 rings (SSSR count). The quantitative estimate of drug-likeness (QED) is 0.800. The third-order valence-electron chi connectivity index (χ3n) is 3.51. The van der Waals surface area contributed by atoms with Gasteiger partial charge in [0.1, 0.15) is 11.6 Å². The molecule has 7 heteroatoms. The van der Waals surface area contributed by atoms with E-state index in [1.165, 1.54) is 25.4 Å². The molecule has 3 aromatic rings. The first-order chi connectivity index (χ1) is 11.6. The Hall–Kier alpha value is -3.22. The fraction of sp³-hybridized carbons (Fsp3) is 0.118. The van der Waals surface area contributed by atoms with E-state index in [4.69, 9.17) is 4.74 Å². The number of aryl methyl sites for hydroxylation is 1. The number of amides is 1. The third kappa shape index (κ3) is 2.96. The third-order valence-corrected chi connectivity index (χ3v) is 3.51. The Morgan fingerprint density at radius 3 is 2.71 bits per heavy atom. The van der Waals surface area contributed by atoms with Crippen LogP contribution in [0.5, 0.6) is 5.75 Å². The van der Waals surface area contributed by atoms with Gasteiger partial charge in [0.15, 0.2) is 11.6 Å². The molecule has 1 amide bonds. The van der Waals surface area contributed by atoms with Gasteiger partial charge in [-0.3, -0.25) is 9.36 Å². The molecule has 0 aliphatic carbocycles. The van der Waals surface area contributed by atoms with Gasteiger partial charge in [0.2, 0.25) is 0 Å². The molecular formula is C17H15FN4O2. The van der Waals surface area contributed by atoms with Gasteiger partial charge in [-0.25, -0.2) is 14.4 Å². The van der Waals surface area contributed by atoms with Crippen molar-refractivity contribution in [2.45, 2.75) is 6.92 Å². The number of aromatic nitrogens is 3. The molecule has 0 bridgehead atoms. The van der Waals surface area contributed by atoms with Gasteiger partial charge in [0, 0.05) is 12.4 Å². The highest BCUT2D eigenvalue weighted by atomic mass is 19.1. The zero-order valence-electron chi connectivity index (χ0n) is 13.2. The Kier molecular flexibility index (Phi) is 4.24. The van der Waals surface area contributed by atoms with Crippen molar-refractivity contribution >= 4 is 11.6 Å². The molecule has 0 saturated heterocycles. The zero-order chi connectivity index (χ0) is 17.1. The number of hydrogen-bond donors (Lipinski definition) is 1. The number of anilines is 1. The molecule has 2 heterocycles. The number of halogens is 1. The predicted octanol–water partition coefficient (Wildman–Crippen LogP) is 2.98. The summed E-state index contributed by atoms with van der Waals surface area (Å²) in [7, 11) is 1.35. The number of rotatable bonds is 4. The van der Waals surface area contributed by atoms with Crippen LogP contribution in [0, 0.1) is 12.7 Å². The van der Waals surface area contributed by atoms with Crippen LogP contribution in [0.25, 0.3) is 5.82 Å². The predicted molar refractivity (Wildman–Crippen MR) is 87.0 cm³/mol. The minimum atomic E-state index is -0.698. The highest BCUT2D eigenvalue weighted by Gasteiger charge is 2.15. The molecule has 0 saturated carbocycles. The lowest BCUT2D eigenvalue weighted by Crippen LogP contribution is -2.14. The summed E-state index contributed by atoms with van der Waals surface area (Å²) in [4.78, 5) is 20.6. The van der Waals surface area contributed by atoms with Gasteiger partial charge in [-0.2, -0.15) is 0 Å². The fourth-order valence-corrected chi connectivity index (χ4v) is 2.26. The standard InChI is InChI=1S/C17H15FN4O2/c1-11-19-8-9-22(11)15-7-6-12(10-20-15)21-17(23)13-4-3-5-14(24-2)16(13)18/h3-10H,1-2H3,(H,21,23). The van der Waals surface area contributed by atoms with Gasteiger partial charge in [0.05, 0.1) is 24.6 Å². The summed E-state index contributed by atoms with van der Waals surface area (Å²) in [5.41, 5.74) is 0.368. The van der Waals surface area contributed by atoms with Crippen LogP contribution in [0.15, 0.2) is 48.9 Å². The maximum Gasteiger partial charge on any atom is 0.258 e. The van der Waals surface area contributed by atoms with Crippen LogP contribution in [0.4, 0.5) is 10.1 Å². The van der Waals surface area contributed by atoms with Crippen molar-refractivity contribution in [1.29, 1.82) is 0 Å². The van der Waals surface area contributed by atoms with Crippen molar-refractivity contribution in [1.82, 2.24) is 14.5 Å². The van der Waals surface area contributed by atoms with E-state index in [0.29, 0.717) is 11.5 Å². The number of nitrogens with one attached hydrogen (secondary N) is 1. The SMILES string of the molecule is COc1cccc(C(=O)Nc2ccc(-n3ccnc3C)nc2)c1F. The maximum absolute atomic E-state index is 14.1. The number of nitrogens with zero attached hydrogens (tertiary/aromatic N) is 3. The van der Waals surface area contributed by atoms with Crippen molar-refractivity contribution in [3.05, 3.63) is 66.1 Å². The summed E-state index contributed by atoms with van der Waals surface area (Å²) in [6.45, 7) is 1.86. The van der Waals surface area contributed by atoms with Crippen LogP contribution in [-0.4, -0.2) is 27.6 Å². The Labute approximate surface area is 137 Å². The number of carbonyl (C=O) groups is 1. The first-order valence-corrected chi connectivity index (χ1v) is 7.20. The zero-order valence-corrected chi connectivity index (χ0v) is 13.2. The lowest BCUT2D eigenvalue weighted by atomic mass is 10.2. The summed E-state index contributed by atoms with van der Waals surface area (Å²) in [6.07, 6.45) is 4.98. The van der Waals surface area contributed by atoms with Crippen LogP contribution in [-0.2, 0) is 0 Å². The first kappa shape index (κ1) is 15.7. The maximum atomic E-state index is 14.1. The molecule has 0 aliphatic heterocycles. The number of methoxy groups -OCH3 is 1. The summed E-state index contributed by atoms with van der Waals surface area (Å²) in [6, 6.07) is 7.84. The molecule has 0 radical (unpaired) electrons. The van der Waals surface area contributed by atoms with Crippen LogP contribution in [0.2, 0.25) is 0 Å². The second kappa shape index (κ2) is 6.49. The van der Waals surface area contributed by atoms with Gasteiger partial charge in [0.25, 0.3) is 5.91 Å². The van der Waals surface area contributed by atoms with E-state index in [9.17, 15) is 9.18 Å². The number of benzene rings is 1. The Morgan fingerprint density at radius 2 is 2.08 bits per heavy atom. The number of carbonyl (C=O) groups excluding carboxylic acids is 1. The average molecular weight is 326 g/mol. The van der Waals surface area contributed by atoms with Crippen LogP contribution in [0.3, 0.4) is 0 Å². The Bertz CT molecular complexity index is 875. The highest BCUT2D eigenvalue weighted by molar-refractivity contribution is 6.04. The van der Waals surface area contributed by atoms with E-state index in [1.54, 1.807) is 30.6 Å². The monoisotopic (exact) mass is 326 g/mol. The topological polar surface area (TPSA) is 69.0 Å². The van der Waals surface area contributed by atoms with E-state index < -0.39 is 11.7 Å². The second-order valence-electron chi connectivity index (χ2n) is 5.03. The molecule has 6 nitrogen and oxygen atoms in total. The Balaban J connectivity index is 1.79. The lowest BCUT2D eigenvalue weighted by molar-refractivity contribution is 0.102. The summed E-state index contributed by atoms with van der Waals surface area (Å²) in [5.74, 6) is 0.232. The van der Waals surface area contributed by atoms with Crippen molar-refractivity contribution in [3.63, 3.8) is 0 Å². The number of ether oxygens (including phenoxy) is 1. The molecule has 0 unspecified atom stereocenters. The van der Waals surface area contributed by atoms with E-state index in [-0.39, 0.29) is 11.3 Å². The van der Waals surface area contributed by atoms with E-state index in [0.717, 1.165) is 5.82 Å². The molecule has 0 fully saturated rings. The van der Waals surface area contributed by atoms with Crippen LogP contribution < -0.4 is 10.1 Å². The van der Waals surface area contributed by atoms with E-state index in [1.807, 2.05) is 11.5 Å². The van der Waals surface area contributed by atoms with Gasteiger partial charge in [-0.15, -0.1) is 0 Å². The largest absolute Gasteiger partial charge is 0.494 e. The molecule has 0 atom stereocenters. The van der Waals surface area contributed by atoms with Gasteiger partial charge in [-0.1, -0.05) is 6.07 Å². The van der Waals surface area contributed by atoms with Gasteiger partial charge >= 0.3 is 0 Å². The minimum absolute atomic E-state index is 0.0201. The summed E-state index contributed by atoms with van der Waals surface area (Å²) < 4.78 is 20.8. The number of imidazole rings is 1. The molecular weight excluding hydrogens is 311 g/mol. The molecule has 2 aromatic heterocycles. The van der Waals surface area contributed by atoms with E-state index >= 15 is 0 Å². The summed E-state index contributed by atoms with van der Waals surface area (Å²) >= 11 is 0. The average Bonchev–Trinajstić information content (AvgIpc) is 3.02. The van der Waals surface area contributed by atoms with Crippen molar-refractivity contribution in [2.75, 3.05) is 12.4 Å². The number of pyridine rings is 1. The van der Waals surface area contributed by atoms with Crippen molar-refractivity contribution < 1.29 is 13.9 Å². The van der Waals surface area contributed by atoms with Crippen LogP contribution >= 0.6 is 0 Å². The second-order valence-corrected chi connectivity index (χ2v) is 5.03. The van der Waals surface area contributed by atoms with Gasteiger partial charge in [-0.05, 0) is 31.2 Å². The molecule has 0 aliphatic rings. The lowest BCUT2D eigenvalue weighted by Gasteiger charge is -2.09. The van der Waals surface area contributed by atoms with Crippen molar-refractivity contribution in [3.8, 4) is 11.6 Å². The fourth-order valence-electron chi connectivity index (χ4n) is 2.26. The smallest absolute Gasteiger partial charge is 0.258 e.